The lowest BCUT2D eigenvalue weighted by Crippen LogP contribution is -2.37. The Morgan fingerprint density at radius 3 is 1.72 bits per heavy atom. The Hall–Kier alpha value is -3.02. The van der Waals surface area contributed by atoms with Crippen LogP contribution in [-0.2, 0) is 5.41 Å². The summed E-state index contributed by atoms with van der Waals surface area (Å²) in [6, 6.07) is 11.6. The fraction of sp³-hybridized carbons (Fsp3) is 0.391. The highest BCUT2D eigenvalue weighted by Gasteiger charge is 2.24. The molecule has 1 fully saturated rings. The van der Waals surface area contributed by atoms with Gasteiger partial charge in [-0.3, -0.25) is 9.59 Å². The van der Waals surface area contributed by atoms with Crippen molar-refractivity contribution in [1.29, 1.82) is 0 Å². The first-order chi connectivity index (χ1) is 13.6. The van der Waals surface area contributed by atoms with E-state index in [1.165, 1.54) is 23.8 Å². The third kappa shape index (κ3) is 4.88. The first kappa shape index (κ1) is 20.7. The van der Waals surface area contributed by atoms with Gasteiger partial charge >= 0.3 is 0 Å². The topological polar surface area (TPSA) is 81.1 Å². The largest absolute Gasteiger partial charge is 0.508 e. The van der Waals surface area contributed by atoms with Crippen molar-refractivity contribution in [2.24, 2.45) is 0 Å². The molecule has 0 unspecified atom stereocenters. The third-order valence-electron chi connectivity index (χ3n) is 5.22. The Labute approximate surface area is 171 Å². The predicted octanol–water partition coefficient (Wildman–Crippen LogP) is 3.38. The molecule has 1 saturated heterocycles. The average molecular weight is 396 g/mol. The molecule has 0 saturated carbocycles. The molecule has 6 nitrogen and oxygen atoms in total. The number of carbonyl (C=O) groups excluding carboxylic acids is 2. The summed E-state index contributed by atoms with van der Waals surface area (Å²) in [7, 11) is 0. The van der Waals surface area contributed by atoms with Crippen LogP contribution in [0.3, 0.4) is 0 Å². The molecule has 0 aromatic heterocycles. The van der Waals surface area contributed by atoms with Crippen molar-refractivity contribution in [3.63, 3.8) is 0 Å². The van der Waals surface area contributed by atoms with Crippen LogP contribution >= 0.6 is 0 Å². The fourth-order valence-electron chi connectivity index (χ4n) is 3.52. The lowest BCUT2D eigenvalue weighted by atomic mass is 9.86. The van der Waals surface area contributed by atoms with Gasteiger partial charge in [0.25, 0.3) is 11.8 Å². The molecule has 2 aromatic rings. The molecule has 3 rings (SSSR count). The maximum atomic E-state index is 12.9. The fourth-order valence-corrected chi connectivity index (χ4v) is 3.52. The quantitative estimate of drug-likeness (QED) is 0.815. The molecule has 0 radical (unpaired) electrons. The van der Waals surface area contributed by atoms with Gasteiger partial charge in [0.1, 0.15) is 11.5 Å². The Bertz CT molecular complexity index is 880. The zero-order valence-electron chi connectivity index (χ0n) is 17.2. The molecular formula is C23H28N2O4. The second-order valence-electron chi connectivity index (χ2n) is 8.50. The number of rotatable bonds is 2. The summed E-state index contributed by atoms with van der Waals surface area (Å²) in [5, 5.41) is 19.2. The molecule has 1 aliphatic rings. The van der Waals surface area contributed by atoms with E-state index < -0.39 is 0 Å². The smallest absolute Gasteiger partial charge is 0.254 e. The molecule has 154 valence electrons. The summed E-state index contributed by atoms with van der Waals surface area (Å²) in [4.78, 5) is 29.1. The Balaban J connectivity index is 1.67. The van der Waals surface area contributed by atoms with E-state index in [-0.39, 0.29) is 34.3 Å². The van der Waals surface area contributed by atoms with Gasteiger partial charge in [0.05, 0.1) is 0 Å². The van der Waals surface area contributed by atoms with E-state index in [0.29, 0.717) is 38.2 Å². The van der Waals surface area contributed by atoms with Crippen molar-refractivity contribution >= 4 is 11.8 Å². The van der Waals surface area contributed by atoms with Crippen molar-refractivity contribution in [2.75, 3.05) is 26.2 Å². The molecule has 1 heterocycles. The van der Waals surface area contributed by atoms with Gasteiger partial charge in [-0.15, -0.1) is 0 Å². The van der Waals surface area contributed by atoms with E-state index in [1.54, 1.807) is 9.80 Å². The zero-order chi connectivity index (χ0) is 21.2. The van der Waals surface area contributed by atoms with Crippen LogP contribution in [0.1, 0.15) is 53.5 Å². The molecule has 1 aliphatic heterocycles. The van der Waals surface area contributed by atoms with E-state index in [1.807, 2.05) is 24.3 Å². The molecule has 6 heteroatoms. The van der Waals surface area contributed by atoms with Gasteiger partial charge in [-0.1, -0.05) is 32.9 Å². The van der Waals surface area contributed by atoms with Gasteiger partial charge in [-0.2, -0.15) is 0 Å². The number of hydrogen-bond acceptors (Lipinski definition) is 4. The Morgan fingerprint density at radius 1 is 0.759 bits per heavy atom. The molecular weight excluding hydrogens is 368 g/mol. The van der Waals surface area contributed by atoms with Crippen LogP contribution in [0.5, 0.6) is 11.5 Å². The number of amides is 2. The number of nitrogens with zero attached hydrogens (tertiary/aromatic N) is 2. The highest BCUT2D eigenvalue weighted by atomic mass is 16.3. The third-order valence-corrected chi connectivity index (χ3v) is 5.22. The minimum atomic E-state index is -0.264. The van der Waals surface area contributed by atoms with E-state index in [0.717, 1.165) is 0 Å². The normalized spacial score (nSPS) is 15.1. The average Bonchev–Trinajstić information content (AvgIpc) is 2.91. The monoisotopic (exact) mass is 396 g/mol. The minimum absolute atomic E-state index is 0.0326. The summed E-state index contributed by atoms with van der Waals surface area (Å²) in [5.74, 6) is -0.604. The van der Waals surface area contributed by atoms with Crippen molar-refractivity contribution in [1.82, 2.24) is 9.80 Å². The van der Waals surface area contributed by atoms with Crippen molar-refractivity contribution in [3.05, 3.63) is 59.2 Å². The van der Waals surface area contributed by atoms with Gasteiger partial charge in [-0.05, 0) is 41.7 Å². The summed E-state index contributed by atoms with van der Waals surface area (Å²) in [6.07, 6.45) is 0.669. The van der Waals surface area contributed by atoms with E-state index in [2.05, 4.69) is 20.8 Å². The summed E-state index contributed by atoms with van der Waals surface area (Å²) < 4.78 is 0. The van der Waals surface area contributed by atoms with Gasteiger partial charge in [-0.25, -0.2) is 0 Å². The van der Waals surface area contributed by atoms with E-state index in [9.17, 15) is 19.8 Å². The van der Waals surface area contributed by atoms with Crippen LogP contribution in [0.4, 0.5) is 0 Å². The Kier molecular flexibility index (Phi) is 5.82. The highest BCUT2D eigenvalue weighted by Crippen LogP contribution is 2.24. The zero-order valence-corrected chi connectivity index (χ0v) is 17.2. The predicted molar refractivity (Wildman–Crippen MR) is 111 cm³/mol. The SMILES string of the molecule is CC(C)(C)c1ccc(C(=O)N2CCCN(C(=O)c3cc(O)cc(O)c3)CC2)cc1. The molecule has 0 spiro atoms. The summed E-state index contributed by atoms with van der Waals surface area (Å²) in [5.41, 5.74) is 2.09. The van der Waals surface area contributed by atoms with Crippen LogP contribution in [-0.4, -0.2) is 58.0 Å². The molecule has 29 heavy (non-hydrogen) atoms. The highest BCUT2D eigenvalue weighted by molar-refractivity contribution is 5.96. The van der Waals surface area contributed by atoms with E-state index in [4.69, 9.17) is 0 Å². The first-order valence-corrected chi connectivity index (χ1v) is 9.87. The van der Waals surface area contributed by atoms with Gasteiger partial charge in [0, 0.05) is 43.4 Å². The number of phenols is 2. The van der Waals surface area contributed by atoms with Crippen LogP contribution in [0.25, 0.3) is 0 Å². The molecule has 2 aromatic carbocycles. The summed E-state index contributed by atoms with van der Waals surface area (Å²) >= 11 is 0. The van der Waals surface area contributed by atoms with E-state index >= 15 is 0 Å². The maximum Gasteiger partial charge on any atom is 0.254 e. The minimum Gasteiger partial charge on any atom is -0.508 e. The van der Waals surface area contributed by atoms with Gasteiger partial charge in [0.2, 0.25) is 0 Å². The maximum absolute atomic E-state index is 12.9. The summed E-state index contributed by atoms with van der Waals surface area (Å²) in [6.45, 7) is 8.34. The molecule has 0 atom stereocenters. The molecule has 2 amide bonds. The number of hydrogen-bond donors (Lipinski definition) is 2. The second kappa shape index (κ2) is 8.15. The van der Waals surface area contributed by atoms with Crippen molar-refractivity contribution in [2.45, 2.75) is 32.6 Å². The number of aromatic hydroxyl groups is 2. The van der Waals surface area contributed by atoms with Crippen molar-refractivity contribution in [3.8, 4) is 11.5 Å². The van der Waals surface area contributed by atoms with Crippen LogP contribution in [0.2, 0.25) is 0 Å². The second-order valence-corrected chi connectivity index (χ2v) is 8.50. The van der Waals surface area contributed by atoms with Crippen molar-refractivity contribution < 1.29 is 19.8 Å². The van der Waals surface area contributed by atoms with Gasteiger partial charge in [0.15, 0.2) is 0 Å². The Morgan fingerprint density at radius 2 is 1.24 bits per heavy atom. The number of phenolic OH excluding ortho intramolecular Hbond substituents is 2. The molecule has 2 N–H and O–H groups in total. The van der Waals surface area contributed by atoms with Crippen LogP contribution in [0, 0.1) is 0 Å². The standard InChI is InChI=1S/C23H28N2O4/c1-23(2,3)18-7-5-16(6-8-18)21(28)24-9-4-10-25(12-11-24)22(29)17-13-19(26)15-20(27)14-17/h5-8,13-15,26-27H,4,9-12H2,1-3H3. The molecule has 0 aliphatic carbocycles. The first-order valence-electron chi connectivity index (χ1n) is 9.87. The van der Waals surface area contributed by atoms with Crippen LogP contribution in [0.15, 0.2) is 42.5 Å². The number of carbonyl (C=O) groups is 2. The molecule has 0 bridgehead atoms. The lowest BCUT2D eigenvalue weighted by Gasteiger charge is -2.23. The van der Waals surface area contributed by atoms with Gasteiger partial charge < -0.3 is 20.0 Å². The lowest BCUT2D eigenvalue weighted by molar-refractivity contribution is 0.0718. The number of benzene rings is 2. The van der Waals surface area contributed by atoms with Crippen LogP contribution < -0.4 is 0 Å².